The zero-order valence-corrected chi connectivity index (χ0v) is 14.6. The molecule has 0 fully saturated rings. The number of carbonyl (C=O) groups is 1. The number of hydrogen-bond acceptors (Lipinski definition) is 2. The summed E-state index contributed by atoms with van der Waals surface area (Å²) in [5.41, 5.74) is 2.84. The largest absolute Gasteiger partial charge is 0.293 e. The van der Waals surface area contributed by atoms with Crippen LogP contribution in [0.3, 0.4) is 0 Å². The molecule has 0 radical (unpaired) electrons. The maximum Gasteiger partial charge on any atom is 0.178 e. The van der Waals surface area contributed by atoms with Crippen molar-refractivity contribution in [1.29, 1.82) is 0 Å². The van der Waals surface area contributed by atoms with Gasteiger partial charge in [-0.25, -0.2) is 0 Å². The van der Waals surface area contributed by atoms with Crippen LogP contribution < -0.4 is 0 Å². The molecule has 0 aliphatic heterocycles. The molecule has 2 atom stereocenters. The highest BCUT2D eigenvalue weighted by molar-refractivity contribution is 9.10. The fourth-order valence-corrected chi connectivity index (χ4v) is 3.41. The van der Waals surface area contributed by atoms with Gasteiger partial charge in [-0.05, 0) is 62.2 Å². The number of halogens is 1. The molecule has 0 heterocycles. The fourth-order valence-electron chi connectivity index (χ4n) is 2.00. The fraction of sp³-hybridized carbons (Fsp3) is 0.235. The van der Waals surface area contributed by atoms with Gasteiger partial charge < -0.3 is 0 Å². The van der Waals surface area contributed by atoms with E-state index in [2.05, 4.69) is 15.9 Å². The van der Waals surface area contributed by atoms with Gasteiger partial charge in [-0.3, -0.25) is 9.00 Å². The van der Waals surface area contributed by atoms with Gasteiger partial charge in [0, 0.05) is 14.9 Å². The summed E-state index contributed by atoms with van der Waals surface area (Å²) in [4.78, 5) is 13.2. The Labute approximate surface area is 136 Å². The molecule has 0 spiro atoms. The predicted octanol–water partition coefficient (Wildman–Crippen LogP) is 4.44. The highest BCUT2D eigenvalue weighted by Crippen LogP contribution is 2.19. The summed E-state index contributed by atoms with van der Waals surface area (Å²) in [6.07, 6.45) is 0. The van der Waals surface area contributed by atoms with Crippen LogP contribution in [0.4, 0.5) is 0 Å². The van der Waals surface area contributed by atoms with E-state index in [0.717, 1.165) is 15.6 Å². The molecule has 2 unspecified atom stereocenters. The van der Waals surface area contributed by atoms with E-state index < -0.39 is 16.0 Å². The quantitative estimate of drug-likeness (QED) is 0.751. The van der Waals surface area contributed by atoms with E-state index in [-0.39, 0.29) is 5.78 Å². The van der Waals surface area contributed by atoms with E-state index in [4.69, 9.17) is 0 Å². The van der Waals surface area contributed by atoms with Crippen LogP contribution in [-0.2, 0) is 10.8 Å². The molecule has 0 saturated carbocycles. The smallest absolute Gasteiger partial charge is 0.178 e. The topological polar surface area (TPSA) is 34.1 Å². The first kappa shape index (κ1) is 16.1. The molecule has 2 aromatic rings. The average molecular weight is 365 g/mol. The lowest BCUT2D eigenvalue weighted by atomic mass is 10.0. The van der Waals surface area contributed by atoms with Crippen molar-refractivity contribution < 1.29 is 9.00 Å². The summed E-state index contributed by atoms with van der Waals surface area (Å²) in [6.45, 7) is 5.70. The van der Waals surface area contributed by atoms with Crippen LogP contribution in [0.2, 0.25) is 0 Å². The van der Waals surface area contributed by atoms with Gasteiger partial charge in [-0.2, -0.15) is 0 Å². The predicted molar refractivity (Wildman–Crippen MR) is 90.3 cm³/mol. The summed E-state index contributed by atoms with van der Waals surface area (Å²) >= 11 is 3.35. The van der Waals surface area contributed by atoms with Crippen LogP contribution in [0, 0.1) is 13.8 Å². The molecular weight excluding hydrogens is 348 g/mol. The Morgan fingerprint density at radius 3 is 2.24 bits per heavy atom. The second kappa shape index (κ2) is 6.67. The average Bonchev–Trinajstić information content (AvgIpc) is 2.48. The zero-order valence-electron chi connectivity index (χ0n) is 12.2. The number of Topliss-reactive ketones (excluding diaryl/α,β-unsaturated/α-hetero) is 1. The van der Waals surface area contributed by atoms with Crippen molar-refractivity contribution in [3.63, 3.8) is 0 Å². The highest BCUT2D eigenvalue weighted by Gasteiger charge is 2.23. The minimum Gasteiger partial charge on any atom is -0.293 e. The first-order chi connectivity index (χ1) is 9.90. The second-order valence-electron chi connectivity index (χ2n) is 5.06. The standard InChI is InChI=1S/C17H17BrO2S/c1-11-4-5-14(10-12(11)2)17(19)13(3)21(20)16-8-6-15(18)7-9-16/h4-10,13H,1-3H3. The zero-order chi connectivity index (χ0) is 15.6. The molecule has 0 N–H and O–H groups in total. The second-order valence-corrected chi connectivity index (χ2v) is 7.75. The Bertz CT molecular complexity index is 692. The van der Waals surface area contributed by atoms with Gasteiger partial charge in [-0.1, -0.05) is 28.1 Å². The number of ketones is 1. The van der Waals surface area contributed by atoms with Crippen LogP contribution in [0.25, 0.3) is 0 Å². The maximum atomic E-state index is 12.5. The minimum absolute atomic E-state index is 0.0839. The van der Waals surface area contributed by atoms with Crippen LogP contribution in [0.5, 0.6) is 0 Å². The van der Waals surface area contributed by atoms with Gasteiger partial charge in [0.15, 0.2) is 5.78 Å². The van der Waals surface area contributed by atoms with Crippen molar-refractivity contribution in [1.82, 2.24) is 0 Å². The number of rotatable bonds is 4. The molecule has 0 bridgehead atoms. The first-order valence-corrected chi connectivity index (χ1v) is 8.68. The minimum atomic E-state index is -1.35. The van der Waals surface area contributed by atoms with Crippen molar-refractivity contribution >= 4 is 32.5 Å². The summed E-state index contributed by atoms with van der Waals surface area (Å²) in [5, 5.41) is -0.562. The molecule has 0 aromatic heterocycles. The molecule has 4 heteroatoms. The molecule has 2 nitrogen and oxygen atoms in total. The van der Waals surface area contributed by atoms with E-state index in [1.54, 1.807) is 25.1 Å². The maximum absolute atomic E-state index is 12.5. The number of hydrogen-bond donors (Lipinski definition) is 0. The molecule has 0 aliphatic rings. The third kappa shape index (κ3) is 3.69. The Morgan fingerprint density at radius 1 is 1.05 bits per heavy atom. The third-order valence-corrected chi connectivity index (χ3v) is 5.65. The summed E-state index contributed by atoms with van der Waals surface area (Å²) in [5.74, 6) is -0.0839. The third-order valence-electron chi connectivity index (χ3n) is 3.53. The summed E-state index contributed by atoms with van der Waals surface area (Å²) < 4.78 is 13.4. The van der Waals surface area contributed by atoms with Crippen LogP contribution in [0.1, 0.15) is 28.4 Å². The van der Waals surface area contributed by atoms with E-state index in [9.17, 15) is 9.00 Å². The van der Waals surface area contributed by atoms with E-state index in [0.29, 0.717) is 10.5 Å². The molecule has 0 aliphatic carbocycles. The van der Waals surface area contributed by atoms with Gasteiger partial charge in [-0.15, -0.1) is 0 Å². The lowest BCUT2D eigenvalue weighted by molar-refractivity contribution is 0.0992. The normalized spacial score (nSPS) is 13.7. The highest BCUT2D eigenvalue weighted by atomic mass is 79.9. The summed E-state index contributed by atoms with van der Waals surface area (Å²) in [6, 6.07) is 12.8. The van der Waals surface area contributed by atoms with Gasteiger partial charge >= 0.3 is 0 Å². The molecule has 0 amide bonds. The van der Waals surface area contributed by atoms with E-state index in [1.165, 1.54) is 0 Å². The Kier molecular flexibility index (Phi) is 5.12. The lowest BCUT2D eigenvalue weighted by Gasteiger charge is -2.12. The van der Waals surface area contributed by atoms with Crippen LogP contribution in [0.15, 0.2) is 51.8 Å². The lowest BCUT2D eigenvalue weighted by Crippen LogP contribution is -2.23. The van der Waals surface area contributed by atoms with Gasteiger partial charge in [0.2, 0.25) is 0 Å². The molecule has 0 saturated heterocycles. The number of benzene rings is 2. The molecule has 2 rings (SSSR count). The van der Waals surface area contributed by atoms with Crippen LogP contribution >= 0.6 is 15.9 Å². The molecular formula is C17H17BrO2S. The van der Waals surface area contributed by atoms with Crippen molar-refractivity contribution in [2.75, 3.05) is 0 Å². The summed E-state index contributed by atoms with van der Waals surface area (Å²) in [7, 11) is -1.35. The van der Waals surface area contributed by atoms with E-state index >= 15 is 0 Å². The van der Waals surface area contributed by atoms with Crippen LogP contribution in [-0.4, -0.2) is 15.2 Å². The first-order valence-electron chi connectivity index (χ1n) is 6.68. The van der Waals surface area contributed by atoms with Gasteiger partial charge in [0.05, 0.1) is 16.0 Å². The van der Waals surface area contributed by atoms with Crippen molar-refractivity contribution in [2.24, 2.45) is 0 Å². The van der Waals surface area contributed by atoms with Crippen molar-refractivity contribution in [3.05, 3.63) is 63.6 Å². The Hall–Kier alpha value is -1.26. The number of aryl methyl sites for hydroxylation is 2. The van der Waals surface area contributed by atoms with E-state index in [1.807, 2.05) is 38.1 Å². The monoisotopic (exact) mass is 364 g/mol. The molecule has 2 aromatic carbocycles. The van der Waals surface area contributed by atoms with Crippen molar-refractivity contribution in [3.8, 4) is 0 Å². The molecule has 21 heavy (non-hydrogen) atoms. The SMILES string of the molecule is Cc1ccc(C(=O)C(C)S(=O)c2ccc(Br)cc2)cc1C. The Morgan fingerprint density at radius 2 is 1.67 bits per heavy atom. The molecule has 110 valence electrons. The van der Waals surface area contributed by atoms with Crippen molar-refractivity contribution in [2.45, 2.75) is 30.9 Å². The van der Waals surface area contributed by atoms with Gasteiger partial charge in [0.25, 0.3) is 0 Å². The van der Waals surface area contributed by atoms with Gasteiger partial charge in [0.1, 0.15) is 0 Å². The number of carbonyl (C=O) groups excluding carboxylic acids is 1. The Balaban J connectivity index is 2.24.